The normalized spacial score (nSPS) is 13.0. The van der Waals surface area contributed by atoms with Crippen molar-refractivity contribution >= 4 is 5.97 Å². The molecule has 0 fully saturated rings. The average Bonchev–Trinajstić information content (AvgIpc) is 3.15. The molecule has 0 spiro atoms. The third-order valence-corrected chi connectivity index (χ3v) is 4.49. The molecule has 0 saturated heterocycles. The van der Waals surface area contributed by atoms with Crippen molar-refractivity contribution in [3.05, 3.63) is 71.9 Å². The van der Waals surface area contributed by atoms with Crippen LogP contribution in [0.3, 0.4) is 0 Å². The summed E-state index contributed by atoms with van der Waals surface area (Å²) in [5.74, 6) is -0.836. The van der Waals surface area contributed by atoms with Crippen LogP contribution in [0.4, 0.5) is 0 Å². The van der Waals surface area contributed by atoms with Gasteiger partial charge in [0.1, 0.15) is 0 Å². The van der Waals surface area contributed by atoms with Crippen molar-refractivity contribution in [2.75, 3.05) is 0 Å². The second-order valence-electron chi connectivity index (χ2n) is 5.84. The van der Waals surface area contributed by atoms with Crippen LogP contribution in [0.15, 0.2) is 60.7 Å². The maximum Gasteiger partial charge on any atom is 0.338 e. The average molecular weight is 303 g/mol. The van der Waals surface area contributed by atoms with Gasteiger partial charge in [0, 0.05) is 17.8 Å². The summed E-state index contributed by atoms with van der Waals surface area (Å²) in [6.07, 6.45) is 1.83. The van der Waals surface area contributed by atoms with E-state index in [2.05, 4.69) is 16.7 Å². The number of rotatable bonds is 3. The largest absolute Gasteiger partial charge is 0.478 e. The van der Waals surface area contributed by atoms with Crippen LogP contribution < -0.4 is 0 Å². The zero-order valence-electron chi connectivity index (χ0n) is 12.7. The number of carbonyl (C=O) groups is 1. The smallest absolute Gasteiger partial charge is 0.338 e. The van der Waals surface area contributed by atoms with Crippen molar-refractivity contribution in [3.8, 4) is 22.4 Å². The lowest BCUT2D eigenvalue weighted by Gasteiger charge is -2.10. The number of nitrogens with zero attached hydrogens (tertiary/aromatic N) is 1. The highest BCUT2D eigenvalue weighted by molar-refractivity contribution is 6.03. The minimum Gasteiger partial charge on any atom is -0.478 e. The monoisotopic (exact) mass is 303 g/mol. The van der Waals surface area contributed by atoms with Crippen LogP contribution in [0.2, 0.25) is 0 Å². The Morgan fingerprint density at radius 2 is 1.52 bits per heavy atom. The Hall–Kier alpha value is -2.81. The molecule has 1 N–H and O–H groups in total. The summed E-state index contributed by atoms with van der Waals surface area (Å²) < 4.78 is 2.20. The standard InChI is InChI=1S/C20H17NO2/c22-20(23)18-16-12-7-13-21(16)19(15-10-5-2-6-11-15)17(18)14-8-3-1-4-9-14/h1-6,8-11H,7,12-13H2,(H,22,23). The van der Waals surface area contributed by atoms with E-state index in [4.69, 9.17) is 0 Å². The lowest BCUT2D eigenvalue weighted by molar-refractivity contribution is 0.0696. The summed E-state index contributed by atoms with van der Waals surface area (Å²) >= 11 is 0. The van der Waals surface area contributed by atoms with Gasteiger partial charge < -0.3 is 9.67 Å². The quantitative estimate of drug-likeness (QED) is 0.776. The molecule has 114 valence electrons. The van der Waals surface area contributed by atoms with E-state index in [0.717, 1.165) is 47.5 Å². The fraction of sp³-hybridized carbons (Fsp3) is 0.150. The number of hydrogen-bond donors (Lipinski definition) is 1. The van der Waals surface area contributed by atoms with Crippen molar-refractivity contribution in [2.45, 2.75) is 19.4 Å². The molecule has 0 radical (unpaired) electrons. The van der Waals surface area contributed by atoms with E-state index >= 15 is 0 Å². The molecule has 3 heteroatoms. The third-order valence-electron chi connectivity index (χ3n) is 4.49. The fourth-order valence-electron chi connectivity index (χ4n) is 3.59. The Balaban J connectivity index is 2.09. The summed E-state index contributed by atoms with van der Waals surface area (Å²) in [5.41, 5.74) is 5.33. The summed E-state index contributed by atoms with van der Waals surface area (Å²) in [4.78, 5) is 12.0. The number of aromatic nitrogens is 1. The minimum absolute atomic E-state index is 0.465. The van der Waals surface area contributed by atoms with E-state index < -0.39 is 5.97 Å². The van der Waals surface area contributed by atoms with Crippen molar-refractivity contribution in [3.63, 3.8) is 0 Å². The SMILES string of the molecule is O=C(O)c1c(-c2ccccc2)c(-c2ccccc2)n2c1CCC2. The number of fused-ring (bicyclic) bond motifs is 1. The molecule has 23 heavy (non-hydrogen) atoms. The Bertz CT molecular complexity index is 864. The van der Waals surface area contributed by atoms with E-state index in [1.54, 1.807) is 0 Å². The maximum absolute atomic E-state index is 12.0. The first-order valence-electron chi connectivity index (χ1n) is 7.87. The van der Waals surface area contributed by atoms with Gasteiger partial charge in [0.05, 0.1) is 11.3 Å². The van der Waals surface area contributed by atoms with E-state index in [1.165, 1.54) is 0 Å². The van der Waals surface area contributed by atoms with Crippen molar-refractivity contribution in [1.82, 2.24) is 4.57 Å². The Morgan fingerprint density at radius 3 is 2.13 bits per heavy atom. The molecule has 1 aromatic heterocycles. The van der Waals surface area contributed by atoms with Gasteiger partial charge in [0.15, 0.2) is 0 Å². The molecule has 3 nitrogen and oxygen atoms in total. The van der Waals surface area contributed by atoms with Gasteiger partial charge in [-0.3, -0.25) is 0 Å². The molecule has 2 aromatic carbocycles. The Morgan fingerprint density at radius 1 is 0.913 bits per heavy atom. The molecule has 1 aliphatic heterocycles. The fourth-order valence-corrected chi connectivity index (χ4v) is 3.59. The van der Waals surface area contributed by atoms with Crippen LogP contribution in [0.25, 0.3) is 22.4 Å². The number of benzene rings is 2. The first-order chi connectivity index (χ1) is 11.3. The summed E-state index contributed by atoms with van der Waals surface area (Å²) in [5, 5.41) is 9.84. The molecule has 0 amide bonds. The predicted molar refractivity (Wildman–Crippen MR) is 90.6 cm³/mol. The zero-order chi connectivity index (χ0) is 15.8. The molecule has 0 bridgehead atoms. The first-order valence-corrected chi connectivity index (χ1v) is 7.87. The van der Waals surface area contributed by atoms with E-state index in [1.807, 2.05) is 48.5 Å². The summed E-state index contributed by atoms with van der Waals surface area (Å²) in [6, 6.07) is 19.9. The lowest BCUT2D eigenvalue weighted by Crippen LogP contribution is -2.01. The van der Waals surface area contributed by atoms with Crippen LogP contribution in [-0.4, -0.2) is 15.6 Å². The highest BCUT2D eigenvalue weighted by atomic mass is 16.4. The van der Waals surface area contributed by atoms with Crippen molar-refractivity contribution in [1.29, 1.82) is 0 Å². The third kappa shape index (κ3) is 2.16. The zero-order valence-corrected chi connectivity index (χ0v) is 12.7. The van der Waals surface area contributed by atoms with Crippen molar-refractivity contribution in [2.24, 2.45) is 0 Å². The van der Waals surface area contributed by atoms with E-state index in [9.17, 15) is 9.90 Å². The molecule has 0 unspecified atom stereocenters. The molecule has 4 rings (SSSR count). The lowest BCUT2D eigenvalue weighted by atomic mass is 9.96. The van der Waals surface area contributed by atoms with Gasteiger partial charge in [-0.1, -0.05) is 60.7 Å². The molecular weight excluding hydrogens is 286 g/mol. The van der Waals surface area contributed by atoms with Gasteiger partial charge in [0.2, 0.25) is 0 Å². The van der Waals surface area contributed by atoms with Gasteiger partial charge in [-0.2, -0.15) is 0 Å². The van der Waals surface area contributed by atoms with Gasteiger partial charge in [-0.15, -0.1) is 0 Å². The van der Waals surface area contributed by atoms with Crippen LogP contribution in [0.5, 0.6) is 0 Å². The minimum atomic E-state index is -0.836. The molecular formula is C20H17NO2. The van der Waals surface area contributed by atoms with Gasteiger partial charge in [0.25, 0.3) is 0 Å². The summed E-state index contributed by atoms with van der Waals surface area (Å²) in [7, 11) is 0. The summed E-state index contributed by atoms with van der Waals surface area (Å²) in [6.45, 7) is 0.882. The molecule has 0 atom stereocenters. The van der Waals surface area contributed by atoms with Crippen LogP contribution in [0.1, 0.15) is 22.5 Å². The topological polar surface area (TPSA) is 42.2 Å². The van der Waals surface area contributed by atoms with Crippen molar-refractivity contribution < 1.29 is 9.90 Å². The number of carboxylic acid groups (broad SMARTS) is 1. The van der Waals surface area contributed by atoms with Gasteiger partial charge >= 0.3 is 5.97 Å². The van der Waals surface area contributed by atoms with E-state index in [0.29, 0.717) is 5.56 Å². The molecule has 0 saturated carbocycles. The number of carboxylic acids is 1. The Labute approximate surface area is 134 Å². The highest BCUT2D eigenvalue weighted by Crippen LogP contribution is 2.41. The number of hydrogen-bond acceptors (Lipinski definition) is 1. The number of aromatic carboxylic acids is 1. The molecule has 1 aliphatic rings. The van der Waals surface area contributed by atoms with E-state index in [-0.39, 0.29) is 0 Å². The maximum atomic E-state index is 12.0. The predicted octanol–water partition coefficient (Wildman–Crippen LogP) is 4.47. The molecule has 2 heterocycles. The highest BCUT2D eigenvalue weighted by Gasteiger charge is 2.30. The van der Waals surface area contributed by atoms with Crippen LogP contribution >= 0.6 is 0 Å². The second-order valence-corrected chi connectivity index (χ2v) is 5.84. The molecule has 3 aromatic rings. The molecule has 0 aliphatic carbocycles. The van der Waals surface area contributed by atoms with Gasteiger partial charge in [-0.05, 0) is 24.0 Å². The van der Waals surface area contributed by atoms with Crippen LogP contribution in [0, 0.1) is 0 Å². The first kappa shape index (κ1) is 13.8. The van der Waals surface area contributed by atoms with Gasteiger partial charge in [-0.25, -0.2) is 4.79 Å². The van der Waals surface area contributed by atoms with Crippen LogP contribution in [-0.2, 0) is 13.0 Å². The second kappa shape index (κ2) is 5.43. The Kier molecular flexibility index (Phi) is 3.27.